The number of rotatable bonds is 5. The zero-order valence-corrected chi connectivity index (χ0v) is 20.1. The van der Waals surface area contributed by atoms with E-state index in [-0.39, 0.29) is 11.8 Å². The van der Waals surface area contributed by atoms with Crippen molar-refractivity contribution in [2.75, 3.05) is 32.8 Å². The van der Waals surface area contributed by atoms with Gasteiger partial charge >= 0.3 is 0 Å². The maximum atomic E-state index is 13.1. The highest BCUT2D eigenvalue weighted by Gasteiger charge is 2.31. The molecule has 1 aromatic heterocycles. The van der Waals surface area contributed by atoms with Crippen LogP contribution in [0.3, 0.4) is 0 Å². The van der Waals surface area contributed by atoms with E-state index in [0.29, 0.717) is 18.3 Å². The summed E-state index contributed by atoms with van der Waals surface area (Å²) in [5.41, 5.74) is 3.36. The molecule has 0 N–H and O–H groups in total. The van der Waals surface area contributed by atoms with Crippen LogP contribution >= 0.6 is 0 Å². The third kappa shape index (κ3) is 4.82. The first kappa shape index (κ1) is 22.3. The summed E-state index contributed by atoms with van der Waals surface area (Å²) in [4.78, 5) is 22.2. The van der Waals surface area contributed by atoms with Crippen LogP contribution < -0.4 is 4.74 Å². The van der Waals surface area contributed by atoms with Crippen LogP contribution in [0.2, 0.25) is 0 Å². The van der Waals surface area contributed by atoms with Gasteiger partial charge < -0.3 is 14.2 Å². The monoisotopic (exact) mass is 472 g/mol. The maximum absolute atomic E-state index is 13.1. The van der Waals surface area contributed by atoms with Crippen LogP contribution in [0.5, 0.6) is 5.75 Å². The lowest BCUT2D eigenvalue weighted by Gasteiger charge is -2.37. The summed E-state index contributed by atoms with van der Waals surface area (Å²) in [7, 11) is 0. The number of hydrogen-bond acceptors (Lipinski definition) is 6. The molecule has 1 unspecified atom stereocenters. The van der Waals surface area contributed by atoms with Crippen molar-refractivity contribution in [1.29, 1.82) is 0 Å². The van der Waals surface area contributed by atoms with Gasteiger partial charge in [0.15, 0.2) is 0 Å². The molecular formula is C28H32N4O3. The van der Waals surface area contributed by atoms with E-state index in [0.717, 1.165) is 74.8 Å². The number of nitrogens with zero attached hydrogens (tertiary/aromatic N) is 4. The van der Waals surface area contributed by atoms with Gasteiger partial charge in [0.05, 0.1) is 5.92 Å². The highest BCUT2D eigenvalue weighted by molar-refractivity contribution is 5.80. The normalized spacial score (nSPS) is 21.0. The molecule has 0 radical (unpaired) electrons. The molecule has 0 spiro atoms. The molecule has 2 aliphatic heterocycles. The molecule has 3 aromatic rings. The number of fused-ring (bicyclic) bond motifs is 1. The Labute approximate surface area is 206 Å². The fourth-order valence-electron chi connectivity index (χ4n) is 5.63. The Morgan fingerprint density at radius 1 is 1.00 bits per heavy atom. The van der Waals surface area contributed by atoms with Gasteiger partial charge in [0.1, 0.15) is 12.4 Å². The fourth-order valence-corrected chi connectivity index (χ4v) is 5.63. The van der Waals surface area contributed by atoms with Gasteiger partial charge in [-0.25, -0.2) is 0 Å². The first-order valence-corrected chi connectivity index (χ1v) is 12.9. The van der Waals surface area contributed by atoms with Crippen molar-refractivity contribution >= 4 is 5.91 Å². The Morgan fingerprint density at radius 2 is 1.83 bits per heavy atom. The van der Waals surface area contributed by atoms with Gasteiger partial charge in [0.2, 0.25) is 17.6 Å². The van der Waals surface area contributed by atoms with Crippen LogP contribution in [-0.4, -0.2) is 58.6 Å². The van der Waals surface area contributed by atoms with Crippen LogP contribution in [0, 0.1) is 5.92 Å². The van der Waals surface area contributed by atoms with E-state index in [9.17, 15) is 4.79 Å². The van der Waals surface area contributed by atoms with Gasteiger partial charge in [-0.05, 0) is 42.5 Å². The van der Waals surface area contributed by atoms with Crippen molar-refractivity contribution in [2.45, 2.75) is 44.6 Å². The van der Waals surface area contributed by atoms with Crippen molar-refractivity contribution in [1.82, 2.24) is 19.9 Å². The summed E-state index contributed by atoms with van der Waals surface area (Å²) in [5.74, 6) is 2.94. The summed E-state index contributed by atoms with van der Waals surface area (Å²) in [6.07, 6.45) is 5.56. The number of carbonyl (C=O) groups excluding carboxylic acids is 1. The lowest BCUT2D eigenvalue weighted by molar-refractivity contribution is -0.138. The standard InChI is InChI=1S/C28H32N4O3/c33-28(24-17-22-9-3-4-11-25(22)34-19-24)32-14-12-31(13-15-32)18-20-6-5-10-23(16-20)26-29-27(35-30-26)21-7-1-2-8-21/h3-6,9-11,16,21,24H,1-2,7-8,12-15,17-19H2. The van der Waals surface area contributed by atoms with E-state index in [1.807, 2.05) is 29.2 Å². The van der Waals surface area contributed by atoms with Gasteiger partial charge in [-0.3, -0.25) is 9.69 Å². The van der Waals surface area contributed by atoms with Crippen molar-refractivity contribution in [3.63, 3.8) is 0 Å². The SMILES string of the molecule is O=C(C1COc2ccccc2C1)N1CCN(Cc2cccc(-c3noc(C4CCCC4)n3)c2)CC1. The zero-order valence-electron chi connectivity index (χ0n) is 20.1. The van der Waals surface area contributed by atoms with Crippen molar-refractivity contribution < 1.29 is 14.1 Å². The summed E-state index contributed by atoms with van der Waals surface area (Å²) >= 11 is 0. The lowest BCUT2D eigenvalue weighted by Crippen LogP contribution is -2.51. The largest absolute Gasteiger partial charge is 0.492 e. The molecule has 1 amide bonds. The Bertz CT molecular complexity index is 1180. The number of benzene rings is 2. The predicted molar refractivity (Wildman–Crippen MR) is 132 cm³/mol. The summed E-state index contributed by atoms with van der Waals surface area (Å²) in [6.45, 7) is 4.57. The van der Waals surface area contributed by atoms with Crippen molar-refractivity contribution in [3.8, 4) is 17.1 Å². The average molecular weight is 473 g/mol. The molecule has 3 aliphatic rings. The number of aromatic nitrogens is 2. The molecule has 1 saturated heterocycles. The van der Waals surface area contributed by atoms with E-state index in [4.69, 9.17) is 14.2 Å². The van der Waals surface area contributed by atoms with E-state index >= 15 is 0 Å². The fraction of sp³-hybridized carbons (Fsp3) is 0.464. The highest BCUT2D eigenvalue weighted by Crippen LogP contribution is 2.34. The van der Waals surface area contributed by atoms with Crippen LogP contribution in [0.25, 0.3) is 11.4 Å². The first-order valence-electron chi connectivity index (χ1n) is 12.9. The van der Waals surface area contributed by atoms with E-state index in [2.05, 4.69) is 34.3 Å². The smallest absolute Gasteiger partial charge is 0.230 e. The predicted octanol–water partition coefficient (Wildman–Crippen LogP) is 4.29. The van der Waals surface area contributed by atoms with Gasteiger partial charge in [0.25, 0.3) is 0 Å². The molecule has 1 saturated carbocycles. The molecule has 182 valence electrons. The molecule has 1 aliphatic carbocycles. The highest BCUT2D eigenvalue weighted by atomic mass is 16.5. The van der Waals surface area contributed by atoms with Crippen LogP contribution in [0.15, 0.2) is 53.1 Å². The topological polar surface area (TPSA) is 71.7 Å². The second-order valence-electron chi connectivity index (χ2n) is 10.1. The second kappa shape index (κ2) is 9.82. The number of hydrogen-bond donors (Lipinski definition) is 0. The second-order valence-corrected chi connectivity index (χ2v) is 10.1. The number of para-hydroxylation sites is 1. The number of piperazine rings is 1. The van der Waals surface area contributed by atoms with E-state index in [1.165, 1.54) is 18.4 Å². The number of amides is 1. The molecule has 1 atom stereocenters. The van der Waals surface area contributed by atoms with Crippen LogP contribution in [-0.2, 0) is 17.8 Å². The summed E-state index contributed by atoms with van der Waals surface area (Å²) < 4.78 is 11.4. The third-order valence-corrected chi connectivity index (χ3v) is 7.65. The molecule has 2 fully saturated rings. The molecule has 7 nitrogen and oxygen atoms in total. The molecule has 6 rings (SSSR count). The molecule has 35 heavy (non-hydrogen) atoms. The Morgan fingerprint density at radius 3 is 2.69 bits per heavy atom. The molecule has 7 heteroatoms. The lowest BCUT2D eigenvalue weighted by atomic mass is 9.95. The minimum atomic E-state index is -0.0859. The van der Waals surface area contributed by atoms with Gasteiger partial charge in [-0.15, -0.1) is 0 Å². The van der Waals surface area contributed by atoms with Crippen LogP contribution in [0.4, 0.5) is 0 Å². The Kier molecular flexibility index (Phi) is 6.25. The summed E-state index contributed by atoms with van der Waals surface area (Å²) in [6, 6.07) is 16.5. The summed E-state index contributed by atoms with van der Waals surface area (Å²) in [5, 5.41) is 4.25. The van der Waals surface area contributed by atoms with E-state index in [1.54, 1.807) is 0 Å². The van der Waals surface area contributed by atoms with E-state index < -0.39 is 0 Å². The minimum absolute atomic E-state index is 0.0859. The van der Waals surface area contributed by atoms with Gasteiger partial charge in [-0.1, -0.05) is 54.4 Å². The van der Waals surface area contributed by atoms with Crippen molar-refractivity contribution in [3.05, 3.63) is 65.5 Å². The molecule has 0 bridgehead atoms. The van der Waals surface area contributed by atoms with Crippen molar-refractivity contribution in [2.24, 2.45) is 5.92 Å². The Hall–Kier alpha value is -3.19. The first-order chi connectivity index (χ1) is 17.2. The van der Waals surface area contributed by atoms with Crippen LogP contribution in [0.1, 0.15) is 48.6 Å². The average Bonchev–Trinajstić information content (AvgIpc) is 3.61. The zero-order chi connectivity index (χ0) is 23.6. The maximum Gasteiger partial charge on any atom is 0.230 e. The van der Waals surface area contributed by atoms with Gasteiger partial charge in [-0.2, -0.15) is 4.98 Å². The van der Waals surface area contributed by atoms with Gasteiger partial charge in [0, 0.05) is 44.2 Å². The molecule has 2 aromatic carbocycles. The third-order valence-electron chi connectivity index (χ3n) is 7.65. The molecule has 3 heterocycles. The quantitative estimate of drug-likeness (QED) is 0.552. The molecular weight excluding hydrogens is 440 g/mol. The number of ether oxygens (including phenoxy) is 1. The Balaban J connectivity index is 1.04. The minimum Gasteiger partial charge on any atom is -0.492 e. The number of carbonyl (C=O) groups is 1.